The molecule has 0 saturated heterocycles. The zero-order valence-electron chi connectivity index (χ0n) is 5.05. The van der Waals surface area contributed by atoms with Gasteiger partial charge in [-0.2, -0.15) is 5.26 Å². The molecule has 0 aliphatic rings. The number of nitriles is 1. The van der Waals surface area contributed by atoms with E-state index < -0.39 is 0 Å². The van der Waals surface area contributed by atoms with Crippen LogP contribution >= 0.6 is 9.39 Å². The molecular weight excluding hydrogens is 119 g/mol. The van der Waals surface area contributed by atoms with Crippen LogP contribution in [-0.4, -0.2) is 11.7 Å². The molecule has 1 atom stereocenters. The summed E-state index contributed by atoms with van der Waals surface area (Å²) in [6, 6.07) is 2.00. The number of hydrogen-bond donors (Lipinski definition) is 0. The monoisotopic (exact) mass is 128 g/mol. The lowest BCUT2D eigenvalue weighted by atomic mass is 10.4. The van der Waals surface area contributed by atoms with Gasteiger partial charge in [0.2, 0.25) is 0 Å². The van der Waals surface area contributed by atoms with Crippen LogP contribution in [0.25, 0.3) is 0 Å². The maximum absolute atomic E-state index is 8.23. The molecule has 0 aromatic rings. The Kier molecular flexibility index (Phi) is 3.23. The van der Waals surface area contributed by atoms with E-state index in [1.165, 1.54) is 0 Å². The van der Waals surface area contributed by atoms with Crippen LogP contribution in [0.3, 0.4) is 0 Å². The van der Waals surface area contributed by atoms with Crippen LogP contribution in [-0.2, 0) is 0 Å². The number of nitrogens with zero attached hydrogens (tertiary/aromatic N) is 2. The summed E-state index contributed by atoms with van der Waals surface area (Å²) >= 11 is 0. The maximum Gasteiger partial charge on any atom is 0.0959 e. The highest BCUT2D eigenvalue weighted by Gasteiger charge is 1.81. The number of rotatable bonds is 1. The third kappa shape index (κ3) is 3.64. The Balaban J connectivity index is 3.80. The van der Waals surface area contributed by atoms with E-state index in [-0.39, 0.29) is 0 Å². The van der Waals surface area contributed by atoms with Crippen LogP contribution < -0.4 is 0 Å². The van der Waals surface area contributed by atoms with Crippen LogP contribution in [0.4, 0.5) is 0 Å². The maximum atomic E-state index is 8.23. The van der Waals surface area contributed by atoms with Gasteiger partial charge in [-0.3, -0.25) is 0 Å². The lowest BCUT2D eigenvalue weighted by Gasteiger charge is -2.01. The van der Waals surface area contributed by atoms with Crippen molar-refractivity contribution in [3.05, 3.63) is 11.8 Å². The van der Waals surface area contributed by atoms with Crippen molar-refractivity contribution in [1.82, 2.24) is 4.67 Å². The Morgan fingerprint density at radius 2 is 2.38 bits per heavy atom. The van der Waals surface area contributed by atoms with Crippen LogP contribution in [0, 0.1) is 11.3 Å². The molecule has 2 nitrogen and oxygen atoms in total. The smallest absolute Gasteiger partial charge is 0.0959 e. The molecule has 0 saturated carbocycles. The predicted octanol–water partition coefficient (Wildman–Crippen LogP) is 1.14. The highest BCUT2D eigenvalue weighted by Crippen LogP contribution is 1.97. The molecule has 3 heteroatoms. The number of allylic oxidation sites excluding steroid dienone is 1. The molecule has 0 heterocycles. The molecule has 0 spiro atoms. The molecule has 0 amide bonds. The zero-order chi connectivity index (χ0) is 6.57. The molecule has 44 valence electrons. The predicted molar refractivity (Wildman–Crippen MR) is 36.8 cm³/mol. The molecule has 0 rings (SSSR count). The second-order valence-electron chi connectivity index (χ2n) is 1.59. The minimum Gasteiger partial charge on any atom is -0.364 e. The summed E-state index contributed by atoms with van der Waals surface area (Å²) in [5, 5.41) is 8.23. The minimum absolute atomic E-state index is 0.711. The third-order valence-electron chi connectivity index (χ3n) is 0.574. The first-order valence-corrected chi connectivity index (χ1v) is 2.74. The summed E-state index contributed by atoms with van der Waals surface area (Å²) in [4.78, 5) is 0. The molecule has 0 bridgehead atoms. The summed E-state index contributed by atoms with van der Waals surface area (Å²) in [5.41, 5.74) is 0.711. The van der Waals surface area contributed by atoms with E-state index in [9.17, 15) is 0 Å². The van der Waals surface area contributed by atoms with Gasteiger partial charge in [0.05, 0.1) is 6.07 Å². The summed E-state index contributed by atoms with van der Waals surface area (Å²) in [6.07, 6.45) is 1.74. The Labute approximate surface area is 52.0 Å². The Morgan fingerprint density at radius 1 is 1.88 bits per heavy atom. The molecule has 0 aromatic heterocycles. The molecule has 0 fully saturated rings. The Hall–Kier alpha value is -0.540. The van der Waals surface area contributed by atoms with Crippen LogP contribution in [0.15, 0.2) is 11.8 Å². The zero-order valence-corrected chi connectivity index (χ0v) is 6.20. The normalized spacial score (nSPS) is 10.5. The minimum atomic E-state index is 0.711. The summed E-state index contributed by atoms with van der Waals surface area (Å²) in [6.45, 7) is 1.76. The van der Waals surface area contributed by atoms with Crippen molar-refractivity contribution in [2.75, 3.05) is 7.05 Å². The topological polar surface area (TPSA) is 27.0 Å². The van der Waals surface area contributed by atoms with Crippen molar-refractivity contribution < 1.29 is 0 Å². The first kappa shape index (κ1) is 7.46. The SMILES string of the molecule is CC(C#N)=CN(C)P. The van der Waals surface area contributed by atoms with Crippen molar-refractivity contribution >= 4 is 9.39 Å². The molecule has 0 radical (unpaired) electrons. The van der Waals surface area contributed by atoms with E-state index in [1.807, 2.05) is 13.1 Å². The van der Waals surface area contributed by atoms with Gasteiger partial charge in [-0.25, -0.2) is 0 Å². The molecule has 0 aliphatic heterocycles. The first-order chi connectivity index (χ1) is 3.66. The van der Waals surface area contributed by atoms with Gasteiger partial charge in [0.25, 0.3) is 0 Å². The number of hydrogen-bond acceptors (Lipinski definition) is 2. The van der Waals surface area contributed by atoms with Gasteiger partial charge in [0.1, 0.15) is 0 Å². The van der Waals surface area contributed by atoms with Crippen molar-refractivity contribution in [3.63, 3.8) is 0 Å². The van der Waals surface area contributed by atoms with Gasteiger partial charge >= 0.3 is 0 Å². The second-order valence-corrected chi connectivity index (χ2v) is 2.40. The molecular formula is C5H9N2P. The average molecular weight is 128 g/mol. The summed E-state index contributed by atoms with van der Waals surface area (Å²) in [7, 11) is 4.29. The molecule has 1 unspecified atom stereocenters. The highest BCUT2D eigenvalue weighted by molar-refractivity contribution is 7.13. The van der Waals surface area contributed by atoms with Crippen LogP contribution in [0.5, 0.6) is 0 Å². The van der Waals surface area contributed by atoms with E-state index >= 15 is 0 Å². The van der Waals surface area contributed by atoms with E-state index in [0.29, 0.717) is 5.57 Å². The van der Waals surface area contributed by atoms with Gasteiger partial charge in [-0.15, -0.1) is 0 Å². The fraction of sp³-hybridized carbons (Fsp3) is 0.400. The molecule has 8 heavy (non-hydrogen) atoms. The van der Waals surface area contributed by atoms with Gasteiger partial charge in [-0.05, 0) is 16.3 Å². The first-order valence-electron chi connectivity index (χ1n) is 2.23. The van der Waals surface area contributed by atoms with E-state index in [4.69, 9.17) is 5.26 Å². The largest absolute Gasteiger partial charge is 0.364 e. The van der Waals surface area contributed by atoms with Gasteiger partial charge < -0.3 is 4.67 Å². The van der Waals surface area contributed by atoms with E-state index in [0.717, 1.165) is 0 Å². The van der Waals surface area contributed by atoms with Gasteiger partial charge in [0.15, 0.2) is 0 Å². The quantitative estimate of drug-likeness (QED) is 0.391. The third-order valence-corrected chi connectivity index (χ3v) is 0.723. The summed E-state index contributed by atoms with van der Waals surface area (Å²) in [5.74, 6) is 0. The summed E-state index contributed by atoms with van der Waals surface area (Å²) < 4.78 is 1.76. The fourth-order valence-corrected chi connectivity index (χ4v) is 0.558. The molecule has 0 aromatic carbocycles. The van der Waals surface area contributed by atoms with Crippen molar-refractivity contribution in [2.45, 2.75) is 6.92 Å². The van der Waals surface area contributed by atoms with E-state index in [1.54, 1.807) is 17.8 Å². The Morgan fingerprint density at radius 3 is 2.50 bits per heavy atom. The van der Waals surface area contributed by atoms with Crippen LogP contribution in [0.1, 0.15) is 6.92 Å². The molecule has 0 aliphatic carbocycles. The van der Waals surface area contributed by atoms with Gasteiger partial charge in [0, 0.05) is 18.8 Å². The molecule has 0 N–H and O–H groups in total. The van der Waals surface area contributed by atoms with Gasteiger partial charge in [-0.1, -0.05) is 0 Å². The van der Waals surface area contributed by atoms with Crippen molar-refractivity contribution in [3.8, 4) is 6.07 Å². The van der Waals surface area contributed by atoms with E-state index in [2.05, 4.69) is 9.39 Å². The van der Waals surface area contributed by atoms with Crippen molar-refractivity contribution in [1.29, 1.82) is 5.26 Å². The fourth-order valence-electron chi connectivity index (χ4n) is 0.334. The average Bonchev–Trinajstić information content (AvgIpc) is 1.65. The van der Waals surface area contributed by atoms with Crippen LogP contribution in [0.2, 0.25) is 0 Å². The highest BCUT2D eigenvalue weighted by atomic mass is 31.0. The second kappa shape index (κ2) is 3.46. The Bertz CT molecular complexity index is 132. The van der Waals surface area contributed by atoms with Crippen molar-refractivity contribution in [2.24, 2.45) is 0 Å². The lowest BCUT2D eigenvalue weighted by molar-refractivity contribution is 0.768. The lowest BCUT2D eigenvalue weighted by Crippen LogP contribution is -1.91. The standard InChI is InChI=1S/C5H9N2P/c1-5(3-6)4-7(2)8/h4H,8H2,1-2H3.